The van der Waals surface area contributed by atoms with Crippen LogP contribution < -0.4 is 16.4 Å². The van der Waals surface area contributed by atoms with E-state index in [4.69, 9.17) is 5.73 Å². The Morgan fingerprint density at radius 1 is 1.65 bits per heavy atom. The van der Waals surface area contributed by atoms with E-state index in [2.05, 4.69) is 22.5 Å². The minimum Gasteiger partial charge on any atom is -0.366 e. The van der Waals surface area contributed by atoms with Crippen molar-refractivity contribution in [1.29, 1.82) is 0 Å². The van der Waals surface area contributed by atoms with Crippen LogP contribution in [0.3, 0.4) is 0 Å². The van der Waals surface area contributed by atoms with Crippen LogP contribution in [-0.2, 0) is 6.54 Å². The first-order chi connectivity index (χ1) is 8.15. The van der Waals surface area contributed by atoms with Gasteiger partial charge >= 0.3 is 0 Å². The molecular formula is C12H16N4O. The second kappa shape index (κ2) is 4.86. The van der Waals surface area contributed by atoms with E-state index in [1.54, 1.807) is 12.1 Å². The number of carbonyl (C=O) groups is 1. The SMILES string of the molecule is CC1CN=C(NCc2cccc(C(N)=O)c2)N1. The van der Waals surface area contributed by atoms with Crippen LogP contribution in [-0.4, -0.2) is 24.5 Å². The average Bonchev–Trinajstić information content (AvgIpc) is 2.73. The van der Waals surface area contributed by atoms with Crippen molar-refractivity contribution in [3.8, 4) is 0 Å². The molecule has 1 heterocycles. The standard InChI is InChI=1S/C12H16N4O/c1-8-6-14-12(16-8)15-7-9-3-2-4-10(5-9)11(13)17/h2-5,8H,6-7H2,1H3,(H2,13,17)(H2,14,15,16). The molecule has 1 aromatic carbocycles. The highest BCUT2D eigenvalue weighted by Gasteiger charge is 2.11. The van der Waals surface area contributed by atoms with Gasteiger partial charge in [0.25, 0.3) is 0 Å². The monoisotopic (exact) mass is 232 g/mol. The van der Waals surface area contributed by atoms with Crippen molar-refractivity contribution in [1.82, 2.24) is 10.6 Å². The molecule has 0 bridgehead atoms. The summed E-state index contributed by atoms with van der Waals surface area (Å²) in [5.41, 5.74) is 6.76. The molecule has 2 rings (SSSR count). The van der Waals surface area contributed by atoms with E-state index in [0.717, 1.165) is 18.1 Å². The summed E-state index contributed by atoms with van der Waals surface area (Å²) < 4.78 is 0. The molecule has 4 N–H and O–H groups in total. The Morgan fingerprint density at radius 2 is 2.47 bits per heavy atom. The van der Waals surface area contributed by atoms with E-state index in [1.807, 2.05) is 12.1 Å². The van der Waals surface area contributed by atoms with Gasteiger partial charge in [0.1, 0.15) is 0 Å². The van der Waals surface area contributed by atoms with Crippen LogP contribution in [0.5, 0.6) is 0 Å². The van der Waals surface area contributed by atoms with Gasteiger partial charge in [0.2, 0.25) is 5.91 Å². The Morgan fingerprint density at radius 3 is 3.12 bits per heavy atom. The lowest BCUT2D eigenvalue weighted by atomic mass is 10.1. The fraction of sp³-hybridized carbons (Fsp3) is 0.333. The lowest BCUT2D eigenvalue weighted by molar-refractivity contribution is 0.1000. The molecule has 5 nitrogen and oxygen atoms in total. The molecule has 0 saturated carbocycles. The quantitative estimate of drug-likeness (QED) is 0.697. The van der Waals surface area contributed by atoms with Gasteiger partial charge in [-0.25, -0.2) is 0 Å². The maximum absolute atomic E-state index is 11.0. The summed E-state index contributed by atoms with van der Waals surface area (Å²) in [5.74, 6) is 0.402. The van der Waals surface area contributed by atoms with Crippen LogP contribution in [0.2, 0.25) is 0 Å². The highest BCUT2D eigenvalue weighted by Crippen LogP contribution is 2.04. The van der Waals surface area contributed by atoms with E-state index in [0.29, 0.717) is 18.2 Å². The molecule has 1 unspecified atom stereocenters. The molecule has 0 saturated heterocycles. The fourth-order valence-electron chi connectivity index (χ4n) is 1.68. The number of benzene rings is 1. The Hall–Kier alpha value is -2.04. The molecule has 1 amide bonds. The minimum atomic E-state index is -0.406. The number of guanidine groups is 1. The van der Waals surface area contributed by atoms with Crippen LogP contribution in [0.25, 0.3) is 0 Å². The second-order valence-electron chi connectivity index (χ2n) is 4.15. The molecule has 1 aliphatic heterocycles. The zero-order chi connectivity index (χ0) is 12.3. The Balaban J connectivity index is 1.95. The van der Waals surface area contributed by atoms with E-state index in [1.165, 1.54) is 0 Å². The Labute approximate surface area is 100 Å². The largest absolute Gasteiger partial charge is 0.366 e. The zero-order valence-electron chi connectivity index (χ0n) is 9.73. The number of primary amides is 1. The summed E-state index contributed by atoms with van der Waals surface area (Å²) >= 11 is 0. The third-order valence-corrected chi connectivity index (χ3v) is 2.58. The summed E-state index contributed by atoms with van der Waals surface area (Å²) in [6.45, 7) is 3.50. The number of nitrogens with zero attached hydrogens (tertiary/aromatic N) is 1. The first kappa shape index (κ1) is 11.4. The lowest BCUT2D eigenvalue weighted by Crippen LogP contribution is -2.37. The van der Waals surface area contributed by atoms with E-state index in [-0.39, 0.29) is 0 Å². The third kappa shape index (κ3) is 2.96. The van der Waals surface area contributed by atoms with Gasteiger partial charge in [-0.15, -0.1) is 0 Å². The number of amides is 1. The Bertz CT molecular complexity index is 456. The number of carbonyl (C=O) groups excluding carboxylic acids is 1. The van der Waals surface area contributed by atoms with Crippen LogP contribution in [0, 0.1) is 0 Å². The van der Waals surface area contributed by atoms with Crippen LogP contribution in [0.4, 0.5) is 0 Å². The molecule has 17 heavy (non-hydrogen) atoms. The smallest absolute Gasteiger partial charge is 0.248 e. The van der Waals surface area contributed by atoms with Crippen molar-refractivity contribution < 1.29 is 4.79 Å². The predicted octanol–water partition coefficient (Wildman–Crippen LogP) is 0.223. The first-order valence-electron chi connectivity index (χ1n) is 5.59. The number of aliphatic imine (C=N–C) groups is 1. The number of hydrogen-bond donors (Lipinski definition) is 3. The van der Waals surface area contributed by atoms with Gasteiger partial charge in [0.05, 0.1) is 6.54 Å². The summed E-state index contributed by atoms with van der Waals surface area (Å²) in [5, 5.41) is 6.39. The summed E-state index contributed by atoms with van der Waals surface area (Å²) in [7, 11) is 0. The van der Waals surface area contributed by atoms with Gasteiger partial charge in [-0.05, 0) is 24.6 Å². The lowest BCUT2D eigenvalue weighted by Gasteiger charge is -2.09. The molecule has 0 aromatic heterocycles. The highest BCUT2D eigenvalue weighted by atomic mass is 16.1. The average molecular weight is 232 g/mol. The number of nitrogens with two attached hydrogens (primary N) is 1. The summed E-state index contributed by atoms with van der Waals surface area (Å²) in [6, 6.07) is 7.64. The van der Waals surface area contributed by atoms with Crippen molar-refractivity contribution in [3.05, 3.63) is 35.4 Å². The van der Waals surface area contributed by atoms with Gasteiger partial charge in [-0.1, -0.05) is 12.1 Å². The molecule has 0 aliphatic carbocycles. The molecule has 0 spiro atoms. The predicted molar refractivity (Wildman–Crippen MR) is 66.7 cm³/mol. The number of hydrogen-bond acceptors (Lipinski definition) is 4. The van der Waals surface area contributed by atoms with Gasteiger partial charge < -0.3 is 16.4 Å². The zero-order valence-corrected chi connectivity index (χ0v) is 9.73. The molecule has 0 fully saturated rings. The molecule has 1 aliphatic rings. The first-order valence-corrected chi connectivity index (χ1v) is 5.59. The minimum absolute atomic E-state index is 0.384. The van der Waals surface area contributed by atoms with Crippen LogP contribution in [0.15, 0.2) is 29.3 Å². The van der Waals surface area contributed by atoms with E-state index < -0.39 is 5.91 Å². The maximum atomic E-state index is 11.0. The van der Waals surface area contributed by atoms with Crippen LogP contribution in [0.1, 0.15) is 22.8 Å². The van der Waals surface area contributed by atoms with Gasteiger partial charge in [-0.2, -0.15) is 0 Å². The molecule has 1 atom stereocenters. The topological polar surface area (TPSA) is 79.5 Å². The van der Waals surface area contributed by atoms with E-state index >= 15 is 0 Å². The van der Waals surface area contributed by atoms with Crippen LogP contribution >= 0.6 is 0 Å². The maximum Gasteiger partial charge on any atom is 0.248 e. The molecule has 90 valence electrons. The van der Waals surface area contributed by atoms with Crippen molar-refractivity contribution in [2.45, 2.75) is 19.5 Å². The molecular weight excluding hydrogens is 216 g/mol. The van der Waals surface area contributed by atoms with E-state index in [9.17, 15) is 4.79 Å². The molecule has 0 radical (unpaired) electrons. The highest BCUT2D eigenvalue weighted by molar-refractivity contribution is 5.92. The van der Waals surface area contributed by atoms with Crippen molar-refractivity contribution in [3.63, 3.8) is 0 Å². The Kier molecular flexibility index (Phi) is 3.27. The van der Waals surface area contributed by atoms with Crippen molar-refractivity contribution in [2.24, 2.45) is 10.7 Å². The van der Waals surface area contributed by atoms with Gasteiger partial charge in [0, 0.05) is 18.2 Å². The normalized spacial score (nSPS) is 18.4. The van der Waals surface area contributed by atoms with Gasteiger partial charge in [-0.3, -0.25) is 9.79 Å². The van der Waals surface area contributed by atoms with Gasteiger partial charge in [0.15, 0.2) is 5.96 Å². The third-order valence-electron chi connectivity index (χ3n) is 2.58. The van der Waals surface area contributed by atoms with Crippen molar-refractivity contribution in [2.75, 3.05) is 6.54 Å². The summed E-state index contributed by atoms with van der Waals surface area (Å²) in [4.78, 5) is 15.3. The summed E-state index contributed by atoms with van der Waals surface area (Å²) in [6.07, 6.45) is 0. The molecule has 5 heteroatoms. The second-order valence-corrected chi connectivity index (χ2v) is 4.15. The molecule has 1 aromatic rings. The van der Waals surface area contributed by atoms with Crippen molar-refractivity contribution >= 4 is 11.9 Å². The number of nitrogens with one attached hydrogen (secondary N) is 2. The number of rotatable bonds is 3. The fourth-order valence-corrected chi connectivity index (χ4v) is 1.68.